The second-order valence-electron chi connectivity index (χ2n) is 8.85. The molecule has 0 spiro atoms. The third kappa shape index (κ3) is 5.74. The Morgan fingerprint density at radius 3 is 2.45 bits per heavy atom. The lowest BCUT2D eigenvalue weighted by molar-refractivity contribution is -0.335. The van der Waals surface area contributed by atoms with Gasteiger partial charge in [-0.1, -0.05) is 13.8 Å². The minimum atomic E-state index is -1.57. The zero-order chi connectivity index (χ0) is 22.8. The van der Waals surface area contributed by atoms with Crippen molar-refractivity contribution in [1.82, 2.24) is 0 Å². The minimum Gasteiger partial charge on any atom is -0.472 e. The molecule has 0 amide bonds. The molecule has 0 bridgehead atoms. The summed E-state index contributed by atoms with van der Waals surface area (Å²) in [5.74, 6) is -0.935. The van der Waals surface area contributed by atoms with Crippen molar-refractivity contribution >= 4 is 5.97 Å². The summed E-state index contributed by atoms with van der Waals surface area (Å²) in [6, 6.07) is 0. The summed E-state index contributed by atoms with van der Waals surface area (Å²) >= 11 is 0. The predicted octanol–water partition coefficient (Wildman–Crippen LogP) is -0.988. The molecule has 0 aliphatic carbocycles. The minimum absolute atomic E-state index is 0.0953. The fraction of sp³-hybridized carbons (Fsp3) is 0.850. The topological polar surface area (TPSA) is 153 Å². The van der Waals surface area contributed by atoms with Crippen LogP contribution in [0, 0.1) is 11.3 Å². The van der Waals surface area contributed by atoms with E-state index in [0.29, 0.717) is 25.2 Å². The molecule has 4 N–H and O–H groups in total. The van der Waals surface area contributed by atoms with E-state index < -0.39 is 55.9 Å². The van der Waals surface area contributed by atoms with E-state index in [2.05, 4.69) is 0 Å². The number of methoxy groups -OCH3 is 1. The normalized spacial score (nSPS) is 38.8. The molecule has 11 heteroatoms. The van der Waals surface area contributed by atoms with E-state index in [0.717, 1.165) is 0 Å². The van der Waals surface area contributed by atoms with Gasteiger partial charge < -0.3 is 48.8 Å². The van der Waals surface area contributed by atoms with Gasteiger partial charge in [0.2, 0.25) is 6.29 Å². The number of esters is 1. The molecule has 3 unspecified atom stereocenters. The molecule has 2 saturated heterocycles. The van der Waals surface area contributed by atoms with Crippen molar-refractivity contribution in [3.05, 3.63) is 11.8 Å². The first kappa shape index (κ1) is 24.3. The van der Waals surface area contributed by atoms with Crippen LogP contribution in [-0.4, -0.2) is 96.6 Å². The fourth-order valence-electron chi connectivity index (χ4n) is 3.73. The second-order valence-corrected chi connectivity index (χ2v) is 8.85. The van der Waals surface area contributed by atoms with E-state index in [1.165, 1.54) is 13.4 Å². The van der Waals surface area contributed by atoms with E-state index in [1.54, 1.807) is 0 Å². The number of rotatable bonds is 6. The summed E-state index contributed by atoms with van der Waals surface area (Å²) in [5, 5.41) is 39.3. The SMILES string of the molecule is COC(=O)C1=COC(OC2O[C@H](CO)[C@@H](O)[C@H](O)[C@H]2O)CC1CC1OCC(C)(C)CO1. The highest BCUT2D eigenvalue weighted by atomic mass is 16.8. The number of aliphatic hydroxyl groups excluding tert-OH is 4. The van der Waals surface area contributed by atoms with Gasteiger partial charge in [0.05, 0.1) is 38.8 Å². The Hall–Kier alpha value is -1.31. The second kappa shape index (κ2) is 10.1. The first-order valence-electron chi connectivity index (χ1n) is 10.3. The van der Waals surface area contributed by atoms with Crippen LogP contribution in [0.4, 0.5) is 0 Å². The highest BCUT2D eigenvalue weighted by molar-refractivity contribution is 5.88. The lowest BCUT2D eigenvalue weighted by Crippen LogP contribution is -2.59. The van der Waals surface area contributed by atoms with Crippen LogP contribution in [0.2, 0.25) is 0 Å². The average molecular weight is 448 g/mol. The Balaban J connectivity index is 1.66. The molecule has 11 nitrogen and oxygen atoms in total. The molecule has 0 aromatic heterocycles. The van der Waals surface area contributed by atoms with Crippen LogP contribution < -0.4 is 0 Å². The highest BCUT2D eigenvalue weighted by Crippen LogP contribution is 2.35. The lowest BCUT2D eigenvalue weighted by atomic mass is 9.90. The van der Waals surface area contributed by atoms with Crippen molar-refractivity contribution in [3.8, 4) is 0 Å². The van der Waals surface area contributed by atoms with Gasteiger partial charge in [0.15, 0.2) is 12.6 Å². The number of carbonyl (C=O) groups is 1. The van der Waals surface area contributed by atoms with Gasteiger partial charge in [0.25, 0.3) is 0 Å². The number of hydrogen-bond acceptors (Lipinski definition) is 11. The van der Waals surface area contributed by atoms with Crippen molar-refractivity contribution in [2.45, 2.75) is 70.0 Å². The monoisotopic (exact) mass is 448 g/mol. The van der Waals surface area contributed by atoms with Gasteiger partial charge in [-0.3, -0.25) is 0 Å². The Morgan fingerprint density at radius 1 is 1.16 bits per heavy atom. The number of ether oxygens (including phenoxy) is 6. The van der Waals surface area contributed by atoms with Crippen LogP contribution in [0.25, 0.3) is 0 Å². The van der Waals surface area contributed by atoms with Crippen LogP contribution >= 0.6 is 0 Å². The van der Waals surface area contributed by atoms with Crippen molar-refractivity contribution in [3.63, 3.8) is 0 Å². The van der Waals surface area contributed by atoms with Crippen LogP contribution in [0.1, 0.15) is 26.7 Å². The summed E-state index contributed by atoms with van der Waals surface area (Å²) in [6.45, 7) is 4.52. The van der Waals surface area contributed by atoms with Gasteiger partial charge in [0, 0.05) is 24.2 Å². The molecule has 7 atom stereocenters. The summed E-state index contributed by atoms with van der Waals surface area (Å²) < 4.78 is 32.9. The zero-order valence-corrected chi connectivity index (χ0v) is 17.9. The first-order chi connectivity index (χ1) is 14.6. The molecular formula is C20H32O11. The largest absolute Gasteiger partial charge is 0.472 e. The van der Waals surface area contributed by atoms with Crippen molar-refractivity contribution in [1.29, 1.82) is 0 Å². The molecular weight excluding hydrogens is 416 g/mol. The van der Waals surface area contributed by atoms with Crippen molar-refractivity contribution < 1.29 is 53.6 Å². The van der Waals surface area contributed by atoms with Crippen LogP contribution in [0.3, 0.4) is 0 Å². The quantitative estimate of drug-likeness (QED) is 0.371. The molecule has 3 heterocycles. The molecule has 0 saturated carbocycles. The Kier molecular flexibility index (Phi) is 7.92. The Morgan fingerprint density at radius 2 is 1.84 bits per heavy atom. The average Bonchev–Trinajstić information content (AvgIpc) is 2.75. The van der Waals surface area contributed by atoms with E-state index in [-0.39, 0.29) is 17.8 Å². The third-order valence-electron chi connectivity index (χ3n) is 5.62. The summed E-state index contributed by atoms with van der Waals surface area (Å²) in [7, 11) is 1.27. The van der Waals surface area contributed by atoms with Crippen LogP contribution in [0.15, 0.2) is 11.8 Å². The van der Waals surface area contributed by atoms with Gasteiger partial charge >= 0.3 is 5.97 Å². The van der Waals surface area contributed by atoms with E-state index in [4.69, 9.17) is 28.4 Å². The molecule has 2 fully saturated rings. The van der Waals surface area contributed by atoms with Crippen molar-refractivity contribution in [2.24, 2.45) is 11.3 Å². The smallest absolute Gasteiger partial charge is 0.337 e. The summed E-state index contributed by atoms with van der Waals surface area (Å²) in [4.78, 5) is 12.2. The molecule has 3 aliphatic rings. The standard InChI is InChI=1S/C20H32O11/c1-20(2)8-28-13(29-9-20)4-10-5-14(27-7-11(10)18(25)26-3)31-19-17(24)16(23)15(22)12(6-21)30-19/h7,10,12-17,19,21-24H,4-6,8-9H2,1-3H3/t10?,12-,14?,15-,16+,17-,19?/m1/s1. The number of hydrogen-bond donors (Lipinski definition) is 4. The summed E-state index contributed by atoms with van der Waals surface area (Å²) in [5.41, 5.74) is 0.204. The Labute approximate surface area is 180 Å². The maximum atomic E-state index is 12.2. The molecule has 0 aromatic carbocycles. The third-order valence-corrected chi connectivity index (χ3v) is 5.62. The van der Waals surface area contributed by atoms with Gasteiger partial charge in [-0.05, 0) is 0 Å². The molecule has 178 valence electrons. The number of aliphatic hydroxyl groups is 4. The lowest BCUT2D eigenvalue weighted by Gasteiger charge is -2.41. The van der Waals surface area contributed by atoms with Gasteiger partial charge in [-0.25, -0.2) is 4.79 Å². The molecule has 31 heavy (non-hydrogen) atoms. The van der Waals surface area contributed by atoms with Gasteiger partial charge in [-0.2, -0.15) is 0 Å². The fourth-order valence-corrected chi connectivity index (χ4v) is 3.73. The van der Waals surface area contributed by atoms with Crippen molar-refractivity contribution in [2.75, 3.05) is 26.9 Å². The molecule has 0 radical (unpaired) electrons. The van der Waals surface area contributed by atoms with Gasteiger partial charge in [-0.15, -0.1) is 0 Å². The molecule has 3 rings (SSSR count). The predicted molar refractivity (Wildman–Crippen MR) is 102 cm³/mol. The molecule has 3 aliphatic heterocycles. The van der Waals surface area contributed by atoms with E-state index in [9.17, 15) is 25.2 Å². The van der Waals surface area contributed by atoms with E-state index in [1.807, 2.05) is 13.8 Å². The zero-order valence-electron chi connectivity index (χ0n) is 17.9. The van der Waals surface area contributed by atoms with Crippen LogP contribution in [-0.2, 0) is 33.2 Å². The highest BCUT2D eigenvalue weighted by Gasteiger charge is 2.46. The first-order valence-corrected chi connectivity index (χ1v) is 10.3. The maximum Gasteiger partial charge on any atom is 0.337 e. The van der Waals surface area contributed by atoms with E-state index >= 15 is 0 Å². The van der Waals surface area contributed by atoms with Crippen LogP contribution in [0.5, 0.6) is 0 Å². The Bertz CT molecular complexity index is 639. The maximum absolute atomic E-state index is 12.2. The van der Waals surface area contributed by atoms with Gasteiger partial charge in [0.1, 0.15) is 24.4 Å². The number of carbonyl (C=O) groups excluding carboxylic acids is 1. The summed E-state index contributed by atoms with van der Waals surface area (Å²) in [6.07, 6.45) is -6.72. The molecule has 0 aromatic rings.